The minimum absolute atomic E-state index is 0.0617. The molecule has 27 heavy (non-hydrogen) atoms. The Morgan fingerprint density at radius 3 is 2.44 bits per heavy atom. The SMILES string of the molecule is CN(C(N)=NCNc1c(Br)cccc1[N+](=O)[O-])c1c(Cl)cccc1[N+](=O)[O-]. The van der Waals surface area contributed by atoms with E-state index >= 15 is 0 Å². The summed E-state index contributed by atoms with van der Waals surface area (Å²) in [6.07, 6.45) is 0. The van der Waals surface area contributed by atoms with Gasteiger partial charge in [0.2, 0.25) is 0 Å². The Balaban J connectivity index is 2.23. The molecule has 0 heterocycles. The molecular formula is C15H14BrClN6O4. The Labute approximate surface area is 167 Å². The zero-order valence-electron chi connectivity index (χ0n) is 13.9. The third kappa shape index (κ3) is 4.63. The van der Waals surface area contributed by atoms with E-state index in [0.717, 1.165) is 0 Å². The molecule has 0 aliphatic rings. The van der Waals surface area contributed by atoms with Crippen LogP contribution in [-0.4, -0.2) is 29.5 Å². The Hall–Kier alpha value is -2.92. The Morgan fingerprint density at radius 1 is 1.22 bits per heavy atom. The van der Waals surface area contributed by atoms with E-state index in [1.807, 2.05) is 0 Å². The van der Waals surface area contributed by atoms with Crippen molar-refractivity contribution in [3.05, 3.63) is 66.1 Å². The summed E-state index contributed by atoms with van der Waals surface area (Å²) >= 11 is 9.30. The van der Waals surface area contributed by atoms with Crippen molar-refractivity contribution in [2.75, 3.05) is 23.9 Å². The van der Waals surface area contributed by atoms with Crippen LogP contribution in [-0.2, 0) is 0 Å². The van der Waals surface area contributed by atoms with Crippen molar-refractivity contribution in [1.29, 1.82) is 0 Å². The van der Waals surface area contributed by atoms with E-state index in [1.54, 1.807) is 6.07 Å². The van der Waals surface area contributed by atoms with Gasteiger partial charge in [0.25, 0.3) is 11.4 Å². The molecule has 2 aromatic rings. The van der Waals surface area contributed by atoms with Crippen LogP contribution < -0.4 is 16.0 Å². The number of para-hydroxylation sites is 2. The number of nitrogens with two attached hydrogens (primary N) is 1. The quantitative estimate of drug-likeness (QED) is 0.291. The highest BCUT2D eigenvalue weighted by Crippen LogP contribution is 2.35. The molecule has 0 spiro atoms. The number of rotatable bonds is 6. The molecule has 0 fully saturated rings. The molecule has 0 amide bonds. The Bertz CT molecular complexity index is 923. The maximum Gasteiger partial charge on any atom is 0.294 e. The maximum atomic E-state index is 11.2. The number of nitrogens with one attached hydrogen (secondary N) is 1. The summed E-state index contributed by atoms with van der Waals surface area (Å²) in [4.78, 5) is 26.5. The number of benzene rings is 2. The molecule has 0 saturated heterocycles. The van der Waals surface area contributed by atoms with Gasteiger partial charge in [0, 0.05) is 23.7 Å². The number of nitro groups is 2. The summed E-state index contributed by atoms with van der Waals surface area (Å²) in [5.74, 6) is -0.0617. The highest BCUT2D eigenvalue weighted by atomic mass is 79.9. The van der Waals surface area contributed by atoms with Crippen LogP contribution >= 0.6 is 27.5 Å². The minimum Gasteiger partial charge on any atom is -0.369 e. The van der Waals surface area contributed by atoms with E-state index in [2.05, 4.69) is 26.2 Å². The molecule has 142 valence electrons. The molecular weight excluding hydrogens is 444 g/mol. The van der Waals surface area contributed by atoms with Gasteiger partial charge in [-0.25, -0.2) is 4.99 Å². The highest BCUT2D eigenvalue weighted by molar-refractivity contribution is 9.10. The van der Waals surface area contributed by atoms with Crippen molar-refractivity contribution < 1.29 is 9.85 Å². The number of anilines is 2. The fraction of sp³-hybridized carbons (Fsp3) is 0.133. The molecule has 0 saturated carbocycles. The third-order valence-electron chi connectivity index (χ3n) is 3.53. The van der Waals surface area contributed by atoms with E-state index in [4.69, 9.17) is 17.3 Å². The molecule has 0 aromatic heterocycles. The molecule has 12 heteroatoms. The van der Waals surface area contributed by atoms with Crippen molar-refractivity contribution in [3.63, 3.8) is 0 Å². The normalized spacial score (nSPS) is 11.1. The van der Waals surface area contributed by atoms with Crippen LogP contribution in [0.5, 0.6) is 0 Å². The van der Waals surface area contributed by atoms with Crippen molar-refractivity contribution in [3.8, 4) is 0 Å². The molecule has 0 radical (unpaired) electrons. The van der Waals surface area contributed by atoms with Gasteiger partial charge in [-0.15, -0.1) is 0 Å². The molecule has 0 bridgehead atoms. The minimum atomic E-state index is -0.576. The summed E-state index contributed by atoms with van der Waals surface area (Å²) < 4.78 is 0.487. The van der Waals surface area contributed by atoms with Crippen LogP contribution in [0.25, 0.3) is 0 Å². The van der Waals surface area contributed by atoms with Crippen LogP contribution in [0.2, 0.25) is 5.02 Å². The van der Waals surface area contributed by atoms with Gasteiger partial charge >= 0.3 is 0 Å². The van der Waals surface area contributed by atoms with Crippen LogP contribution in [0.4, 0.5) is 22.7 Å². The fourth-order valence-electron chi connectivity index (χ4n) is 2.24. The van der Waals surface area contributed by atoms with Gasteiger partial charge in [-0.3, -0.25) is 20.2 Å². The van der Waals surface area contributed by atoms with Gasteiger partial charge in [-0.05, 0) is 28.1 Å². The van der Waals surface area contributed by atoms with Gasteiger partial charge in [-0.1, -0.05) is 23.7 Å². The monoisotopic (exact) mass is 456 g/mol. The van der Waals surface area contributed by atoms with E-state index in [-0.39, 0.29) is 40.4 Å². The second kappa shape index (κ2) is 8.64. The topological polar surface area (TPSA) is 140 Å². The lowest BCUT2D eigenvalue weighted by molar-refractivity contribution is -0.384. The van der Waals surface area contributed by atoms with Crippen molar-refractivity contribution in [1.82, 2.24) is 0 Å². The molecule has 3 N–H and O–H groups in total. The van der Waals surface area contributed by atoms with Gasteiger partial charge in [0.1, 0.15) is 18.0 Å². The Kier molecular flexibility index (Phi) is 6.53. The average molecular weight is 458 g/mol. The molecule has 2 aromatic carbocycles. The zero-order chi connectivity index (χ0) is 20.1. The molecule has 0 unspecified atom stereocenters. The van der Waals surface area contributed by atoms with Gasteiger partial charge in [0.05, 0.1) is 14.9 Å². The predicted octanol–water partition coefficient (Wildman–Crippen LogP) is 3.74. The lowest BCUT2D eigenvalue weighted by Gasteiger charge is -2.19. The summed E-state index contributed by atoms with van der Waals surface area (Å²) in [6, 6.07) is 8.78. The van der Waals surface area contributed by atoms with Crippen LogP contribution in [0.15, 0.2) is 45.9 Å². The number of guanidine groups is 1. The maximum absolute atomic E-state index is 11.2. The lowest BCUT2D eigenvalue weighted by Crippen LogP contribution is -2.35. The number of hydrogen-bond acceptors (Lipinski definition) is 6. The van der Waals surface area contributed by atoms with Gasteiger partial charge in [0.15, 0.2) is 5.96 Å². The van der Waals surface area contributed by atoms with Crippen molar-refractivity contribution >= 4 is 56.2 Å². The van der Waals surface area contributed by atoms with Crippen LogP contribution in [0, 0.1) is 20.2 Å². The summed E-state index contributed by atoms with van der Waals surface area (Å²) in [7, 11) is 1.48. The standard InChI is InChI=1S/C15H14BrClN6O4/c1-21(14-10(17)5-3-7-12(14)23(26)27)15(18)20-8-19-13-9(16)4-2-6-11(13)22(24)25/h2-7,19H,8H2,1H3,(H2,18,20). The number of nitro benzene ring substituents is 2. The second-order valence-electron chi connectivity index (χ2n) is 5.17. The fourth-order valence-corrected chi connectivity index (χ4v) is 3.04. The van der Waals surface area contributed by atoms with Crippen LogP contribution in [0.3, 0.4) is 0 Å². The van der Waals surface area contributed by atoms with Crippen molar-refractivity contribution in [2.45, 2.75) is 0 Å². The molecule has 0 aliphatic heterocycles. The van der Waals surface area contributed by atoms with E-state index in [0.29, 0.717) is 4.47 Å². The smallest absolute Gasteiger partial charge is 0.294 e. The van der Waals surface area contributed by atoms with Gasteiger partial charge < -0.3 is 16.0 Å². The number of halogens is 2. The first-order chi connectivity index (χ1) is 12.7. The van der Waals surface area contributed by atoms with E-state index < -0.39 is 9.85 Å². The highest BCUT2D eigenvalue weighted by Gasteiger charge is 2.22. The average Bonchev–Trinajstić information content (AvgIpc) is 2.61. The molecule has 2 rings (SSSR count). The first kappa shape index (κ1) is 20.4. The van der Waals surface area contributed by atoms with Gasteiger partial charge in [-0.2, -0.15) is 0 Å². The molecule has 0 atom stereocenters. The predicted molar refractivity (Wildman–Crippen MR) is 107 cm³/mol. The summed E-state index contributed by atoms with van der Waals surface area (Å²) in [6.45, 7) is -0.0993. The number of aliphatic imine (C=N–C) groups is 1. The lowest BCUT2D eigenvalue weighted by atomic mass is 10.2. The largest absolute Gasteiger partial charge is 0.369 e. The summed E-state index contributed by atoms with van der Waals surface area (Å²) in [5, 5.41) is 25.2. The van der Waals surface area contributed by atoms with Crippen molar-refractivity contribution in [2.24, 2.45) is 10.7 Å². The first-order valence-electron chi connectivity index (χ1n) is 7.37. The summed E-state index contributed by atoms with van der Waals surface area (Å²) in [5.41, 5.74) is 5.88. The first-order valence-corrected chi connectivity index (χ1v) is 8.54. The zero-order valence-corrected chi connectivity index (χ0v) is 16.3. The van der Waals surface area contributed by atoms with Crippen LogP contribution in [0.1, 0.15) is 0 Å². The second-order valence-corrected chi connectivity index (χ2v) is 6.43. The van der Waals surface area contributed by atoms with E-state index in [9.17, 15) is 20.2 Å². The third-order valence-corrected chi connectivity index (χ3v) is 4.49. The Morgan fingerprint density at radius 2 is 1.81 bits per heavy atom. The van der Waals surface area contributed by atoms with E-state index in [1.165, 1.54) is 42.3 Å². The molecule has 10 nitrogen and oxygen atoms in total. The number of nitrogens with zero attached hydrogens (tertiary/aromatic N) is 4. The number of hydrogen-bond donors (Lipinski definition) is 2. The molecule has 0 aliphatic carbocycles.